The minimum Gasteiger partial charge on any atom is -0.493 e. The van der Waals surface area contributed by atoms with Gasteiger partial charge in [0.1, 0.15) is 32.2 Å². The number of methoxy groups -OCH3 is 1. The number of carbonyl (C=O) groups is 1. The average Bonchev–Trinajstić information content (AvgIpc) is 3.04. The van der Waals surface area contributed by atoms with Crippen LogP contribution < -0.4 is 28.7 Å². The molecule has 0 spiro atoms. The molecule has 0 aromatic heterocycles. The van der Waals surface area contributed by atoms with Crippen LogP contribution in [-0.2, 0) is 21.4 Å². The van der Waals surface area contributed by atoms with Crippen molar-refractivity contribution in [3.05, 3.63) is 105 Å². The molecule has 1 aliphatic rings. The Kier molecular flexibility index (Phi) is 10.1. The summed E-state index contributed by atoms with van der Waals surface area (Å²) in [5.74, 6) is 0.199. The predicted molar refractivity (Wildman–Crippen MR) is 171 cm³/mol. The lowest BCUT2D eigenvalue weighted by Crippen LogP contribution is -2.39. The van der Waals surface area contributed by atoms with E-state index in [4.69, 9.17) is 30.5 Å². The second kappa shape index (κ2) is 14.2. The van der Waals surface area contributed by atoms with Gasteiger partial charge >= 0.3 is 0 Å². The van der Waals surface area contributed by atoms with Crippen molar-refractivity contribution in [2.75, 3.05) is 31.2 Å². The third kappa shape index (κ3) is 7.67. The summed E-state index contributed by atoms with van der Waals surface area (Å²) in [5.41, 5.74) is 3.76. The van der Waals surface area contributed by atoms with Crippen molar-refractivity contribution in [2.45, 2.75) is 11.5 Å². The summed E-state index contributed by atoms with van der Waals surface area (Å²) in [7, 11) is -2.82. The van der Waals surface area contributed by atoms with Gasteiger partial charge in [0.25, 0.3) is 15.9 Å². The zero-order valence-electron chi connectivity index (χ0n) is 23.7. The smallest absolute Gasteiger partial charge is 0.264 e. The van der Waals surface area contributed by atoms with Gasteiger partial charge in [-0.15, -0.1) is 0 Å². The van der Waals surface area contributed by atoms with E-state index in [1.165, 1.54) is 43.7 Å². The standard InChI is InChI=1S/C31H26BrClFN3O7S/c1-41-29-15-20(14-25(32)31(29)44-19-21-4-2-3-5-26(21)33)17-35-36-30(38)18-37(23-8-6-22(34)7-9-23)45(39,40)24-10-11-27-28(16-24)43-13-12-42-27/h2-11,14-17H,12-13,18-19H2,1H3,(H,36,38)/b35-17-. The number of halogens is 3. The lowest BCUT2D eigenvalue weighted by molar-refractivity contribution is -0.119. The first-order chi connectivity index (χ1) is 21.7. The summed E-state index contributed by atoms with van der Waals surface area (Å²) < 4.78 is 65.0. The van der Waals surface area contributed by atoms with Gasteiger partial charge in [-0.25, -0.2) is 18.2 Å². The summed E-state index contributed by atoms with van der Waals surface area (Å²) in [4.78, 5) is 12.8. The first-order valence-electron chi connectivity index (χ1n) is 13.4. The van der Waals surface area contributed by atoms with Crippen LogP contribution in [0, 0.1) is 5.82 Å². The van der Waals surface area contributed by atoms with Crippen LogP contribution in [0.5, 0.6) is 23.0 Å². The van der Waals surface area contributed by atoms with Crippen LogP contribution in [0.2, 0.25) is 5.02 Å². The van der Waals surface area contributed by atoms with Gasteiger partial charge in [-0.1, -0.05) is 29.8 Å². The molecule has 10 nitrogen and oxygen atoms in total. The number of nitrogens with zero attached hydrogens (tertiary/aromatic N) is 2. The van der Waals surface area contributed by atoms with Crippen molar-refractivity contribution < 1.29 is 36.6 Å². The zero-order chi connectivity index (χ0) is 32.0. The van der Waals surface area contributed by atoms with Crippen molar-refractivity contribution >= 4 is 55.4 Å². The van der Waals surface area contributed by atoms with E-state index in [-0.39, 0.29) is 29.5 Å². The van der Waals surface area contributed by atoms with Crippen LogP contribution in [0.4, 0.5) is 10.1 Å². The number of nitrogens with one attached hydrogen (secondary N) is 1. The molecular formula is C31H26BrClFN3O7S. The maximum absolute atomic E-state index is 13.7. The molecule has 0 fully saturated rings. The summed E-state index contributed by atoms with van der Waals surface area (Å²) in [6.07, 6.45) is 1.36. The van der Waals surface area contributed by atoms with Crippen molar-refractivity contribution in [3.63, 3.8) is 0 Å². The largest absolute Gasteiger partial charge is 0.493 e. The molecule has 0 saturated heterocycles. The molecule has 0 unspecified atom stereocenters. The Morgan fingerprint density at radius 2 is 1.80 bits per heavy atom. The van der Waals surface area contributed by atoms with E-state index in [1.54, 1.807) is 18.2 Å². The molecular weight excluding hydrogens is 693 g/mol. The lowest BCUT2D eigenvalue weighted by atomic mass is 10.2. The highest BCUT2D eigenvalue weighted by molar-refractivity contribution is 9.10. The quantitative estimate of drug-likeness (QED) is 0.151. The Hall–Kier alpha value is -4.33. The number of fused-ring (bicyclic) bond motifs is 1. The Morgan fingerprint density at radius 1 is 1.07 bits per heavy atom. The summed E-state index contributed by atoms with van der Waals surface area (Å²) >= 11 is 9.71. The third-order valence-corrected chi connectivity index (χ3v) is 9.22. The summed E-state index contributed by atoms with van der Waals surface area (Å²) in [5, 5.41) is 4.56. The molecule has 1 N–H and O–H groups in total. The van der Waals surface area contributed by atoms with Gasteiger partial charge in [-0.05, 0) is 76.1 Å². The normalized spacial score (nSPS) is 12.5. The van der Waals surface area contributed by atoms with Crippen LogP contribution in [0.25, 0.3) is 0 Å². The fourth-order valence-corrected chi connectivity index (χ4v) is 6.50. The van der Waals surface area contributed by atoms with E-state index in [2.05, 4.69) is 26.5 Å². The summed E-state index contributed by atoms with van der Waals surface area (Å²) in [6, 6.07) is 19.6. The number of anilines is 1. The molecule has 0 saturated carbocycles. The maximum Gasteiger partial charge on any atom is 0.264 e. The fourth-order valence-electron chi connectivity index (χ4n) is 4.30. The maximum atomic E-state index is 13.7. The van der Waals surface area contributed by atoms with Crippen LogP contribution in [0.3, 0.4) is 0 Å². The third-order valence-electron chi connectivity index (χ3n) is 6.49. The topological polar surface area (TPSA) is 116 Å². The van der Waals surface area contributed by atoms with Gasteiger partial charge in [-0.2, -0.15) is 5.10 Å². The van der Waals surface area contributed by atoms with E-state index in [1.807, 2.05) is 18.2 Å². The van der Waals surface area contributed by atoms with Crippen molar-refractivity contribution in [2.24, 2.45) is 5.10 Å². The molecule has 1 amide bonds. The van der Waals surface area contributed by atoms with E-state index < -0.39 is 28.3 Å². The molecule has 0 atom stereocenters. The van der Waals surface area contributed by atoms with Crippen LogP contribution in [0.1, 0.15) is 11.1 Å². The highest BCUT2D eigenvalue weighted by Crippen LogP contribution is 2.37. The molecule has 4 aromatic carbocycles. The summed E-state index contributed by atoms with van der Waals surface area (Å²) in [6.45, 7) is 0.158. The van der Waals surface area contributed by atoms with Crippen LogP contribution >= 0.6 is 27.5 Å². The van der Waals surface area contributed by atoms with E-state index in [0.29, 0.717) is 38.9 Å². The predicted octanol–water partition coefficient (Wildman–Crippen LogP) is 5.95. The van der Waals surface area contributed by atoms with Gasteiger partial charge in [0.2, 0.25) is 0 Å². The number of carbonyl (C=O) groups excluding carboxylic acids is 1. The Bertz CT molecular complexity index is 1840. The number of hydrogen-bond donors (Lipinski definition) is 1. The molecule has 1 heterocycles. The SMILES string of the molecule is COc1cc(/C=N\NC(=O)CN(c2ccc(F)cc2)S(=O)(=O)c2ccc3c(c2)OCCO3)cc(Br)c1OCc1ccccc1Cl. The van der Waals surface area contributed by atoms with Gasteiger partial charge in [0, 0.05) is 16.7 Å². The molecule has 0 aliphatic carbocycles. The second-order valence-electron chi connectivity index (χ2n) is 9.50. The number of amides is 1. The number of sulfonamides is 1. The highest BCUT2D eigenvalue weighted by Gasteiger charge is 2.29. The highest BCUT2D eigenvalue weighted by atomic mass is 79.9. The molecule has 14 heteroatoms. The lowest BCUT2D eigenvalue weighted by Gasteiger charge is -2.25. The van der Waals surface area contributed by atoms with Gasteiger partial charge in [0.05, 0.1) is 28.4 Å². The van der Waals surface area contributed by atoms with E-state index in [0.717, 1.165) is 22.0 Å². The first kappa shape index (κ1) is 32.1. The number of hydrogen-bond acceptors (Lipinski definition) is 8. The van der Waals surface area contributed by atoms with Gasteiger partial charge in [-0.3, -0.25) is 9.10 Å². The number of ether oxygens (including phenoxy) is 4. The van der Waals surface area contributed by atoms with Gasteiger partial charge < -0.3 is 18.9 Å². The van der Waals surface area contributed by atoms with Crippen molar-refractivity contribution in [3.8, 4) is 23.0 Å². The number of benzene rings is 4. The fraction of sp³-hybridized carbons (Fsp3) is 0.161. The van der Waals surface area contributed by atoms with E-state index >= 15 is 0 Å². The molecule has 5 rings (SSSR count). The Balaban J connectivity index is 1.31. The van der Waals surface area contributed by atoms with Crippen LogP contribution in [-0.4, -0.2) is 47.4 Å². The minimum absolute atomic E-state index is 0.0754. The molecule has 4 aromatic rings. The van der Waals surface area contributed by atoms with E-state index in [9.17, 15) is 17.6 Å². The number of hydrazone groups is 1. The van der Waals surface area contributed by atoms with Crippen molar-refractivity contribution in [1.82, 2.24) is 5.43 Å². The van der Waals surface area contributed by atoms with Crippen molar-refractivity contribution in [1.29, 1.82) is 0 Å². The van der Waals surface area contributed by atoms with Crippen LogP contribution in [0.15, 0.2) is 93.3 Å². The minimum atomic E-state index is -4.30. The molecule has 234 valence electrons. The number of rotatable bonds is 11. The second-order valence-corrected chi connectivity index (χ2v) is 12.6. The van der Waals surface area contributed by atoms with Gasteiger partial charge in [0.15, 0.2) is 23.0 Å². The molecule has 0 radical (unpaired) electrons. The monoisotopic (exact) mass is 717 g/mol. The molecule has 1 aliphatic heterocycles. The Morgan fingerprint density at radius 3 is 2.53 bits per heavy atom. The molecule has 0 bridgehead atoms. The molecule has 45 heavy (non-hydrogen) atoms. The zero-order valence-corrected chi connectivity index (χ0v) is 26.9. The first-order valence-corrected chi connectivity index (χ1v) is 16.0. The average molecular weight is 719 g/mol. The Labute approximate surface area is 272 Å².